The third-order valence-corrected chi connectivity index (χ3v) is 5.05. The normalized spacial score (nSPS) is 14.4. The Hall–Kier alpha value is -3.09. The number of benzene rings is 2. The Morgan fingerprint density at radius 1 is 1.03 bits per heavy atom. The van der Waals surface area contributed by atoms with Crippen LogP contribution in [0.15, 0.2) is 42.5 Å². The molecule has 0 atom stereocenters. The Bertz CT molecular complexity index is 862. The Kier molecular flexibility index (Phi) is 6.69. The Morgan fingerprint density at radius 3 is 2.31 bits per heavy atom. The van der Waals surface area contributed by atoms with E-state index in [9.17, 15) is 14.0 Å². The maximum Gasteiger partial charge on any atom is 0.253 e. The van der Waals surface area contributed by atoms with Gasteiger partial charge in [-0.1, -0.05) is 6.07 Å². The standard InChI is InChI=1S/C22H25FN2O4/c1-28-19-8-3-15(13-20(19)29-2)14-21(26)24-18-9-11-25(12-10-18)22(27)16-4-6-17(23)7-5-16/h3-8,13,18H,9-12,14H2,1-2H3,(H,24,26). The third kappa shape index (κ3) is 5.25. The van der Waals surface area contributed by atoms with Gasteiger partial charge in [-0.05, 0) is 54.8 Å². The van der Waals surface area contributed by atoms with Crippen LogP contribution < -0.4 is 14.8 Å². The van der Waals surface area contributed by atoms with Crippen molar-refractivity contribution < 1.29 is 23.5 Å². The van der Waals surface area contributed by atoms with E-state index in [1.165, 1.54) is 24.3 Å². The van der Waals surface area contributed by atoms with Crippen molar-refractivity contribution in [2.75, 3.05) is 27.3 Å². The van der Waals surface area contributed by atoms with Gasteiger partial charge in [-0.3, -0.25) is 9.59 Å². The first-order valence-electron chi connectivity index (χ1n) is 9.55. The van der Waals surface area contributed by atoms with Gasteiger partial charge in [0.05, 0.1) is 20.6 Å². The van der Waals surface area contributed by atoms with Crippen LogP contribution >= 0.6 is 0 Å². The lowest BCUT2D eigenvalue weighted by molar-refractivity contribution is -0.121. The van der Waals surface area contributed by atoms with Gasteiger partial charge in [0, 0.05) is 24.7 Å². The zero-order valence-corrected chi connectivity index (χ0v) is 16.6. The molecule has 6 nitrogen and oxygen atoms in total. The average molecular weight is 400 g/mol. The van der Waals surface area contributed by atoms with E-state index in [1.54, 1.807) is 31.3 Å². The quantitative estimate of drug-likeness (QED) is 0.810. The number of carbonyl (C=O) groups is 2. The van der Waals surface area contributed by atoms with Gasteiger partial charge >= 0.3 is 0 Å². The first kappa shape index (κ1) is 20.6. The fourth-order valence-corrected chi connectivity index (χ4v) is 3.46. The second-order valence-electron chi connectivity index (χ2n) is 7.01. The van der Waals surface area contributed by atoms with Crippen LogP contribution in [-0.4, -0.2) is 50.1 Å². The molecule has 1 aliphatic heterocycles. The Morgan fingerprint density at radius 2 is 1.69 bits per heavy atom. The molecule has 2 amide bonds. The molecule has 3 rings (SSSR count). The van der Waals surface area contributed by atoms with Gasteiger partial charge < -0.3 is 19.7 Å². The summed E-state index contributed by atoms with van der Waals surface area (Å²) >= 11 is 0. The largest absolute Gasteiger partial charge is 0.493 e. The number of carbonyl (C=O) groups excluding carboxylic acids is 2. The van der Waals surface area contributed by atoms with Crippen molar-refractivity contribution in [1.29, 1.82) is 0 Å². The first-order chi connectivity index (χ1) is 14.0. The second kappa shape index (κ2) is 9.41. The minimum atomic E-state index is -0.363. The zero-order valence-electron chi connectivity index (χ0n) is 16.6. The summed E-state index contributed by atoms with van der Waals surface area (Å²) < 4.78 is 23.5. The van der Waals surface area contributed by atoms with Crippen LogP contribution in [0.5, 0.6) is 11.5 Å². The van der Waals surface area contributed by atoms with Crippen molar-refractivity contribution in [3.8, 4) is 11.5 Å². The highest BCUT2D eigenvalue weighted by molar-refractivity contribution is 5.94. The van der Waals surface area contributed by atoms with E-state index in [0.29, 0.717) is 43.0 Å². The molecule has 29 heavy (non-hydrogen) atoms. The molecule has 154 valence electrons. The van der Waals surface area contributed by atoms with E-state index in [0.717, 1.165) is 5.56 Å². The minimum Gasteiger partial charge on any atom is -0.493 e. The molecule has 1 aliphatic rings. The van der Waals surface area contributed by atoms with Gasteiger partial charge in [-0.25, -0.2) is 4.39 Å². The van der Waals surface area contributed by atoms with E-state index in [4.69, 9.17) is 9.47 Å². The summed E-state index contributed by atoms with van der Waals surface area (Å²) in [5.74, 6) is 0.665. The van der Waals surface area contributed by atoms with Crippen LogP contribution in [-0.2, 0) is 11.2 Å². The van der Waals surface area contributed by atoms with Crippen LogP contribution in [0.1, 0.15) is 28.8 Å². The molecule has 1 heterocycles. The summed E-state index contributed by atoms with van der Waals surface area (Å²) in [6.45, 7) is 1.11. The van der Waals surface area contributed by atoms with Crippen molar-refractivity contribution >= 4 is 11.8 Å². The molecule has 2 aromatic rings. The van der Waals surface area contributed by atoms with E-state index in [2.05, 4.69) is 5.32 Å². The van der Waals surface area contributed by atoms with Crippen LogP contribution in [0.25, 0.3) is 0 Å². The monoisotopic (exact) mass is 400 g/mol. The smallest absolute Gasteiger partial charge is 0.253 e. The van der Waals surface area contributed by atoms with E-state index in [1.807, 2.05) is 6.07 Å². The number of hydrogen-bond donors (Lipinski definition) is 1. The number of nitrogens with zero attached hydrogens (tertiary/aromatic N) is 1. The number of nitrogens with one attached hydrogen (secondary N) is 1. The van der Waals surface area contributed by atoms with Crippen LogP contribution in [0.3, 0.4) is 0 Å². The first-order valence-corrected chi connectivity index (χ1v) is 9.55. The number of rotatable bonds is 6. The molecule has 2 aromatic carbocycles. The predicted octanol–water partition coefficient (Wildman–Crippen LogP) is 2.81. The van der Waals surface area contributed by atoms with Crippen LogP contribution in [0, 0.1) is 5.82 Å². The third-order valence-electron chi connectivity index (χ3n) is 5.05. The van der Waals surface area contributed by atoms with Crippen LogP contribution in [0.2, 0.25) is 0 Å². The van der Waals surface area contributed by atoms with Crippen molar-refractivity contribution in [3.63, 3.8) is 0 Å². The lowest BCUT2D eigenvalue weighted by Gasteiger charge is -2.32. The number of likely N-dealkylation sites (tertiary alicyclic amines) is 1. The molecule has 0 radical (unpaired) electrons. The fraction of sp³-hybridized carbons (Fsp3) is 0.364. The molecule has 1 N–H and O–H groups in total. The second-order valence-corrected chi connectivity index (χ2v) is 7.01. The van der Waals surface area contributed by atoms with E-state index >= 15 is 0 Å². The number of methoxy groups -OCH3 is 2. The summed E-state index contributed by atoms with van der Waals surface area (Å²) in [4.78, 5) is 26.6. The molecule has 0 unspecified atom stereocenters. The summed E-state index contributed by atoms with van der Waals surface area (Å²) in [5.41, 5.74) is 1.31. The SMILES string of the molecule is COc1ccc(CC(=O)NC2CCN(C(=O)c3ccc(F)cc3)CC2)cc1OC. The molecular weight excluding hydrogens is 375 g/mol. The highest BCUT2D eigenvalue weighted by atomic mass is 19.1. The van der Waals surface area contributed by atoms with E-state index in [-0.39, 0.29) is 30.1 Å². The lowest BCUT2D eigenvalue weighted by atomic mass is 10.0. The molecule has 0 spiro atoms. The van der Waals surface area contributed by atoms with Gasteiger partial charge in [-0.2, -0.15) is 0 Å². The summed E-state index contributed by atoms with van der Waals surface area (Å²) in [7, 11) is 3.13. The van der Waals surface area contributed by atoms with Crippen molar-refractivity contribution in [1.82, 2.24) is 10.2 Å². The number of ether oxygens (including phenoxy) is 2. The fourth-order valence-electron chi connectivity index (χ4n) is 3.46. The average Bonchev–Trinajstić information content (AvgIpc) is 2.74. The number of piperidine rings is 1. The number of amides is 2. The molecule has 1 fully saturated rings. The van der Waals surface area contributed by atoms with Crippen molar-refractivity contribution in [2.24, 2.45) is 0 Å². The maximum atomic E-state index is 13.0. The topological polar surface area (TPSA) is 67.9 Å². The highest BCUT2D eigenvalue weighted by Gasteiger charge is 2.24. The van der Waals surface area contributed by atoms with Crippen LogP contribution in [0.4, 0.5) is 4.39 Å². The molecule has 7 heteroatoms. The van der Waals surface area contributed by atoms with Gasteiger partial charge in [0.2, 0.25) is 5.91 Å². The highest BCUT2D eigenvalue weighted by Crippen LogP contribution is 2.27. The predicted molar refractivity (Wildman–Crippen MR) is 107 cm³/mol. The van der Waals surface area contributed by atoms with Gasteiger partial charge in [0.1, 0.15) is 5.82 Å². The summed E-state index contributed by atoms with van der Waals surface area (Å²) in [6, 6.07) is 11.0. The molecule has 0 bridgehead atoms. The van der Waals surface area contributed by atoms with Gasteiger partial charge in [0.25, 0.3) is 5.91 Å². The van der Waals surface area contributed by atoms with Gasteiger partial charge in [0.15, 0.2) is 11.5 Å². The Balaban J connectivity index is 1.49. The molecule has 0 saturated carbocycles. The lowest BCUT2D eigenvalue weighted by Crippen LogP contribution is -2.46. The minimum absolute atomic E-state index is 0.0277. The molecule has 1 saturated heterocycles. The van der Waals surface area contributed by atoms with Crippen molar-refractivity contribution in [3.05, 3.63) is 59.4 Å². The number of hydrogen-bond acceptors (Lipinski definition) is 4. The zero-order chi connectivity index (χ0) is 20.8. The van der Waals surface area contributed by atoms with Gasteiger partial charge in [-0.15, -0.1) is 0 Å². The molecule has 0 aromatic heterocycles. The summed E-state index contributed by atoms with van der Waals surface area (Å²) in [5, 5.41) is 3.04. The maximum absolute atomic E-state index is 13.0. The van der Waals surface area contributed by atoms with E-state index < -0.39 is 0 Å². The number of halogens is 1. The summed E-state index contributed by atoms with van der Waals surface area (Å²) in [6.07, 6.45) is 1.62. The molecule has 0 aliphatic carbocycles. The molecular formula is C22H25FN2O4. The van der Waals surface area contributed by atoms with Crippen molar-refractivity contribution in [2.45, 2.75) is 25.3 Å². The Labute approximate surface area is 169 Å².